The average molecular weight is 182 g/mol. The highest BCUT2D eigenvalue weighted by Gasteiger charge is 2.42. The Morgan fingerprint density at radius 1 is 1.00 bits per heavy atom. The van der Waals surface area contributed by atoms with Crippen molar-refractivity contribution in [2.24, 2.45) is 23.7 Å². The van der Waals surface area contributed by atoms with E-state index in [-0.39, 0.29) is 0 Å². The van der Waals surface area contributed by atoms with Crippen LogP contribution in [-0.4, -0.2) is 0 Å². The lowest BCUT2D eigenvalue weighted by Gasteiger charge is -2.25. The van der Waals surface area contributed by atoms with Crippen molar-refractivity contribution in [1.29, 1.82) is 0 Å². The molecule has 2 fully saturated rings. The minimum atomic E-state index is 1.06. The molecule has 4 unspecified atom stereocenters. The maximum absolute atomic E-state index is 2.45. The SMILES string of the molecule is CC.CCCC1CC2CC1CC2C. The molecule has 2 bridgehead atoms. The molecule has 0 saturated heterocycles. The molecule has 0 heteroatoms. The molecule has 2 saturated carbocycles. The first-order valence-corrected chi connectivity index (χ1v) is 6.31. The van der Waals surface area contributed by atoms with Crippen molar-refractivity contribution in [2.45, 2.75) is 59.8 Å². The zero-order valence-corrected chi connectivity index (χ0v) is 9.84. The van der Waals surface area contributed by atoms with E-state index in [1.807, 2.05) is 13.8 Å². The van der Waals surface area contributed by atoms with E-state index in [2.05, 4.69) is 13.8 Å². The highest BCUT2D eigenvalue weighted by Crippen LogP contribution is 2.52. The first-order valence-electron chi connectivity index (χ1n) is 6.31. The molecule has 0 aromatic carbocycles. The first kappa shape index (κ1) is 11.1. The molecular weight excluding hydrogens is 156 g/mol. The summed E-state index contributed by atoms with van der Waals surface area (Å²) in [5.74, 6) is 4.45. The maximum Gasteiger partial charge on any atom is -0.0380 e. The van der Waals surface area contributed by atoms with E-state index >= 15 is 0 Å². The van der Waals surface area contributed by atoms with Crippen LogP contribution in [0.1, 0.15) is 59.8 Å². The summed E-state index contributed by atoms with van der Waals surface area (Å²) >= 11 is 0. The third-order valence-electron chi connectivity index (χ3n) is 4.02. The van der Waals surface area contributed by atoms with Crippen LogP contribution in [-0.2, 0) is 0 Å². The molecule has 4 atom stereocenters. The molecule has 2 rings (SSSR count). The van der Waals surface area contributed by atoms with E-state index in [0.29, 0.717) is 0 Å². The second-order valence-electron chi connectivity index (χ2n) is 4.75. The summed E-state index contributed by atoms with van der Waals surface area (Å²) < 4.78 is 0. The van der Waals surface area contributed by atoms with Crippen molar-refractivity contribution in [3.63, 3.8) is 0 Å². The average Bonchev–Trinajstić information content (AvgIpc) is 2.67. The Morgan fingerprint density at radius 2 is 1.69 bits per heavy atom. The largest absolute Gasteiger partial charge is 0.0683 e. The quantitative estimate of drug-likeness (QED) is 0.590. The molecule has 0 spiro atoms. The first-order chi connectivity index (χ1) is 6.31. The van der Waals surface area contributed by atoms with Crippen LogP contribution < -0.4 is 0 Å². The predicted octanol–water partition coefficient (Wildman–Crippen LogP) is 4.49. The van der Waals surface area contributed by atoms with Crippen LogP contribution in [0.5, 0.6) is 0 Å². The van der Waals surface area contributed by atoms with Gasteiger partial charge in [0.05, 0.1) is 0 Å². The number of hydrogen-bond acceptors (Lipinski definition) is 0. The molecular formula is C13H26. The summed E-state index contributed by atoms with van der Waals surface area (Å²) in [4.78, 5) is 0. The molecule has 13 heavy (non-hydrogen) atoms. The van der Waals surface area contributed by atoms with Crippen LogP contribution in [0.3, 0.4) is 0 Å². The Balaban J connectivity index is 0.000000396. The predicted molar refractivity (Wildman–Crippen MR) is 59.7 cm³/mol. The van der Waals surface area contributed by atoms with Crippen molar-refractivity contribution in [1.82, 2.24) is 0 Å². The monoisotopic (exact) mass is 182 g/mol. The molecule has 2 aliphatic carbocycles. The molecule has 0 amide bonds. The molecule has 78 valence electrons. The molecule has 0 aromatic heterocycles. The fraction of sp³-hybridized carbons (Fsp3) is 1.00. The zero-order chi connectivity index (χ0) is 9.84. The number of fused-ring (bicyclic) bond motifs is 2. The Morgan fingerprint density at radius 3 is 2.08 bits per heavy atom. The summed E-state index contributed by atoms with van der Waals surface area (Å²) in [7, 11) is 0. The van der Waals surface area contributed by atoms with E-state index in [4.69, 9.17) is 0 Å². The van der Waals surface area contributed by atoms with Crippen molar-refractivity contribution in [2.75, 3.05) is 0 Å². The second-order valence-corrected chi connectivity index (χ2v) is 4.75. The summed E-state index contributed by atoms with van der Waals surface area (Å²) in [6, 6.07) is 0. The normalized spacial score (nSPS) is 41.5. The second kappa shape index (κ2) is 5.02. The summed E-state index contributed by atoms with van der Waals surface area (Å²) in [5.41, 5.74) is 0. The summed E-state index contributed by atoms with van der Waals surface area (Å²) in [6.45, 7) is 8.78. The van der Waals surface area contributed by atoms with Gasteiger partial charge in [-0.1, -0.05) is 40.5 Å². The Labute approximate surface area is 84.1 Å². The van der Waals surface area contributed by atoms with Gasteiger partial charge in [0, 0.05) is 0 Å². The maximum atomic E-state index is 2.45. The highest BCUT2D eigenvalue weighted by molar-refractivity contribution is 4.93. The third kappa shape index (κ3) is 2.27. The van der Waals surface area contributed by atoms with Gasteiger partial charge in [-0.05, 0) is 42.9 Å². The fourth-order valence-corrected chi connectivity index (χ4v) is 3.41. The van der Waals surface area contributed by atoms with Gasteiger partial charge in [-0.3, -0.25) is 0 Å². The molecule has 2 aliphatic rings. The minimum absolute atomic E-state index is 1.06. The summed E-state index contributed by atoms with van der Waals surface area (Å²) in [6.07, 6.45) is 7.61. The topological polar surface area (TPSA) is 0 Å². The molecule has 0 nitrogen and oxygen atoms in total. The van der Waals surface area contributed by atoms with Gasteiger partial charge in [0.15, 0.2) is 0 Å². The van der Waals surface area contributed by atoms with Gasteiger partial charge in [-0.25, -0.2) is 0 Å². The van der Waals surface area contributed by atoms with Crippen LogP contribution >= 0.6 is 0 Å². The standard InChI is InChI=1S/C11H20.C2H6/c1-3-4-9-6-10-7-11(9)5-8(10)2;1-2/h8-11H,3-7H2,1-2H3;1-2H3. The lowest BCUT2D eigenvalue weighted by atomic mass is 9.81. The highest BCUT2D eigenvalue weighted by atomic mass is 14.5. The van der Waals surface area contributed by atoms with E-state index in [1.54, 1.807) is 19.3 Å². The van der Waals surface area contributed by atoms with Crippen LogP contribution in [0.25, 0.3) is 0 Å². The van der Waals surface area contributed by atoms with E-state index in [9.17, 15) is 0 Å². The van der Waals surface area contributed by atoms with Gasteiger partial charge in [0.25, 0.3) is 0 Å². The van der Waals surface area contributed by atoms with Gasteiger partial charge < -0.3 is 0 Å². The number of rotatable bonds is 2. The van der Waals surface area contributed by atoms with Crippen molar-refractivity contribution < 1.29 is 0 Å². The van der Waals surface area contributed by atoms with Crippen molar-refractivity contribution >= 4 is 0 Å². The van der Waals surface area contributed by atoms with E-state index < -0.39 is 0 Å². The molecule has 0 aliphatic heterocycles. The minimum Gasteiger partial charge on any atom is -0.0683 e. The van der Waals surface area contributed by atoms with Gasteiger partial charge in [-0.2, -0.15) is 0 Å². The van der Waals surface area contributed by atoms with Crippen molar-refractivity contribution in [3.8, 4) is 0 Å². The summed E-state index contributed by atoms with van der Waals surface area (Å²) in [5, 5.41) is 0. The lowest BCUT2D eigenvalue weighted by Crippen LogP contribution is -2.15. The molecule has 0 radical (unpaired) electrons. The molecule has 0 aromatic rings. The Hall–Kier alpha value is 0. The Bertz CT molecular complexity index is 137. The lowest BCUT2D eigenvalue weighted by molar-refractivity contribution is 0.258. The smallest absolute Gasteiger partial charge is 0.0380 e. The molecule has 0 heterocycles. The van der Waals surface area contributed by atoms with Gasteiger partial charge in [0.2, 0.25) is 0 Å². The van der Waals surface area contributed by atoms with Gasteiger partial charge >= 0.3 is 0 Å². The van der Waals surface area contributed by atoms with Crippen LogP contribution in [0.15, 0.2) is 0 Å². The van der Waals surface area contributed by atoms with E-state index in [1.165, 1.54) is 12.8 Å². The fourth-order valence-electron chi connectivity index (χ4n) is 3.41. The molecule has 0 N–H and O–H groups in total. The van der Waals surface area contributed by atoms with Crippen LogP contribution in [0, 0.1) is 23.7 Å². The van der Waals surface area contributed by atoms with Gasteiger partial charge in [0.1, 0.15) is 0 Å². The zero-order valence-electron chi connectivity index (χ0n) is 9.84. The number of hydrogen-bond donors (Lipinski definition) is 0. The van der Waals surface area contributed by atoms with E-state index in [0.717, 1.165) is 23.7 Å². The van der Waals surface area contributed by atoms with Crippen LogP contribution in [0.2, 0.25) is 0 Å². The third-order valence-corrected chi connectivity index (χ3v) is 4.02. The van der Waals surface area contributed by atoms with Crippen LogP contribution in [0.4, 0.5) is 0 Å². The Kier molecular flexibility index (Phi) is 4.28. The van der Waals surface area contributed by atoms with Crippen molar-refractivity contribution in [3.05, 3.63) is 0 Å². The van der Waals surface area contributed by atoms with Gasteiger partial charge in [-0.15, -0.1) is 0 Å².